The number of allylic oxidation sites excluding steroid dienone is 10. The van der Waals surface area contributed by atoms with Gasteiger partial charge in [0.2, 0.25) is 0 Å². The summed E-state index contributed by atoms with van der Waals surface area (Å²) in [6.45, 7) is 6.49. The van der Waals surface area contributed by atoms with Gasteiger partial charge >= 0.3 is 17.9 Å². The minimum absolute atomic E-state index is 0.0879. The number of carbonyl (C=O) groups is 3. The average molecular weight is 867 g/mol. The summed E-state index contributed by atoms with van der Waals surface area (Å²) in [4.78, 5) is 38.0. The van der Waals surface area contributed by atoms with E-state index >= 15 is 0 Å². The molecule has 0 aliphatic heterocycles. The van der Waals surface area contributed by atoms with Gasteiger partial charge in [0.15, 0.2) is 6.10 Å². The normalized spacial score (nSPS) is 12.5. The molecule has 0 rings (SSSR count). The van der Waals surface area contributed by atoms with Crippen LogP contribution in [-0.4, -0.2) is 37.2 Å². The van der Waals surface area contributed by atoms with Gasteiger partial charge < -0.3 is 14.2 Å². The summed E-state index contributed by atoms with van der Waals surface area (Å²) in [5.74, 6) is -0.917. The van der Waals surface area contributed by atoms with Crippen molar-refractivity contribution in [1.29, 1.82) is 0 Å². The number of carbonyl (C=O) groups excluding carboxylic acids is 3. The molecule has 0 aromatic carbocycles. The third-order valence-electron chi connectivity index (χ3n) is 11.2. The third-order valence-corrected chi connectivity index (χ3v) is 11.2. The topological polar surface area (TPSA) is 78.9 Å². The maximum absolute atomic E-state index is 12.8. The predicted octanol–water partition coefficient (Wildman–Crippen LogP) is 17.3. The Kier molecular flexibility index (Phi) is 48.4. The number of ether oxygens (including phenoxy) is 3. The molecule has 0 aromatic heterocycles. The molecule has 0 aliphatic carbocycles. The van der Waals surface area contributed by atoms with E-state index in [-0.39, 0.29) is 31.1 Å². The Morgan fingerprint density at radius 3 is 1.02 bits per heavy atom. The zero-order valence-corrected chi connectivity index (χ0v) is 40.9. The van der Waals surface area contributed by atoms with Crippen LogP contribution >= 0.6 is 0 Å². The number of esters is 3. The lowest BCUT2D eigenvalue weighted by atomic mass is 10.1. The molecule has 6 heteroatoms. The molecule has 0 amide bonds. The van der Waals surface area contributed by atoms with Gasteiger partial charge in [0.1, 0.15) is 13.2 Å². The van der Waals surface area contributed by atoms with Gasteiger partial charge in [-0.05, 0) is 103 Å². The minimum Gasteiger partial charge on any atom is -0.462 e. The van der Waals surface area contributed by atoms with E-state index in [1.807, 2.05) is 0 Å². The predicted molar refractivity (Wildman–Crippen MR) is 265 cm³/mol. The molecule has 0 aromatic rings. The van der Waals surface area contributed by atoms with Crippen molar-refractivity contribution >= 4 is 17.9 Å². The summed E-state index contributed by atoms with van der Waals surface area (Å²) in [7, 11) is 0. The quantitative estimate of drug-likeness (QED) is 0.0262. The fraction of sp³-hybridized carbons (Fsp3) is 0.768. The Bertz CT molecular complexity index is 1130. The van der Waals surface area contributed by atoms with E-state index < -0.39 is 6.10 Å². The molecule has 1 unspecified atom stereocenters. The van der Waals surface area contributed by atoms with E-state index in [4.69, 9.17) is 14.2 Å². The van der Waals surface area contributed by atoms with Crippen molar-refractivity contribution in [3.05, 3.63) is 60.8 Å². The van der Waals surface area contributed by atoms with Crippen LogP contribution in [0, 0.1) is 0 Å². The zero-order chi connectivity index (χ0) is 45.1. The van der Waals surface area contributed by atoms with Gasteiger partial charge in [-0.1, -0.05) is 197 Å². The lowest BCUT2D eigenvalue weighted by Gasteiger charge is -2.18. The molecule has 1 atom stereocenters. The first-order valence-corrected chi connectivity index (χ1v) is 26.3. The highest BCUT2D eigenvalue weighted by Gasteiger charge is 2.19. The van der Waals surface area contributed by atoms with Crippen LogP contribution in [0.5, 0.6) is 0 Å². The standard InChI is InChI=1S/C56H98O6/c1-4-7-10-13-16-19-22-25-27-29-31-34-37-40-43-46-49-55(58)61-52-53(51-60-54(57)48-45-42-39-36-33-30-24-21-18-15-12-9-6-3)62-56(59)50-47-44-41-38-35-32-28-26-23-20-17-14-11-8-5-2/h8,11,17,20-21,24,26-29,53H,4-7,9-10,12-16,18-19,22-23,25,30-52H2,1-3H3/b11-8-,20-17-,24-21-,28-26-,29-27-. The lowest BCUT2D eigenvalue weighted by molar-refractivity contribution is -0.167. The Balaban J connectivity index is 4.42. The van der Waals surface area contributed by atoms with E-state index in [1.54, 1.807) is 0 Å². The molecule has 0 bridgehead atoms. The van der Waals surface area contributed by atoms with Crippen molar-refractivity contribution in [2.45, 2.75) is 264 Å². The van der Waals surface area contributed by atoms with Crippen LogP contribution in [0.4, 0.5) is 0 Å². The molecule has 0 N–H and O–H groups in total. The van der Waals surface area contributed by atoms with Crippen molar-refractivity contribution < 1.29 is 28.6 Å². The molecule has 0 saturated heterocycles. The van der Waals surface area contributed by atoms with Crippen LogP contribution < -0.4 is 0 Å². The largest absolute Gasteiger partial charge is 0.462 e. The summed E-state index contributed by atoms with van der Waals surface area (Å²) in [5.41, 5.74) is 0. The fourth-order valence-electron chi connectivity index (χ4n) is 7.27. The Morgan fingerprint density at radius 1 is 0.339 bits per heavy atom. The van der Waals surface area contributed by atoms with Crippen molar-refractivity contribution in [1.82, 2.24) is 0 Å². The maximum atomic E-state index is 12.8. The molecule has 0 heterocycles. The van der Waals surface area contributed by atoms with Gasteiger partial charge in [-0.15, -0.1) is 0 Å². The van der Waals surface area contributed by atoms with E-state index in [9.17, 15) is 14.4 Å². The molecule has 0 spiro atoms. The van der Waals surface area contributed by atoms with E-state index in [0.717, 1.165) is 109 Å². The van der Waals surface area contributed by atoms with Gasteiger partial charge in [-0.25, -0.2) is 0 Å². The summed E-state index contributed by atoms with van der Waals surface area (Å²) in [5, 5.41) is 0. The SMILES string of the molecule is CC/C=C\C/C=C\C/C=C\CCCCCCCC(=O)OC(COC(=O)CCCCCCC/C=C\CCCCCC)COC(=O)CCCCCCC/C=C\CCCCCCCCC. The highest BCUT2D eigenvalue weighted by atomic mass is 16.6. The van der Waals surface area contributed by atoms with Gasteiger partial charge in [0, 0.05) is 19.3 Å². The van der Waals surface area contributed by atoms with Crippen molar-refractivity contribution in [3.8, 4) is 0 Å². The smallest absolute Gasteiger partial charge is 0.306 e. The second-order valence-corrected chi connectivity index (χ2v) is 17.4. The Labute approximate surface area is 383 Å². The number of hydrogen-bond donors (Lipinski definition) is 0. The monoisotopic (exact) mass is 867 g/mol. The molecule has 0 saturated carbocycles. The van der Waals surface area contributed by atoms with Crippen LogP contribution in [0.25, 0.3) is 0 Å². The zero-order valence-electron chi connectivity index (χ0n) is 40.9. The van der Waals surface area contributed by atoms with E-state index in [1.165, 1.54) is 109 Å². The first kappa shape index (κ1) is 59.1. The van der Waals surface area contributed by atoms with Gasteiger partial charge in [0.25, 0.3) is 0 Å². The average Bonchev–Trinajstić information content (AvgIpc) is 3.27. The van der Waals surface area contributed by atoms with E-state index in [0.29, 0.717) is 19.3 Å². The summed E-state index contributed by atoms with van der Waals surface area (Å²) >= 11 is 0. The number of hydrogen-bond acceptors (Lipinski definition) is 6. The van der Waals surface area contributed by atoms with Crippen LogP contribution in [0.3, 0.4) is 0 Å². The lowest BCUT2D eigenvalue weighted by Crippen LogP contribution is -2.30. The van der Waals surface area contributed by atoms with Crippen LogP contribution in [0.1, 0.15) is 258 Å². The first-order chi connectivity index (χ1) is 30.5. The Morgan fingerprint density at radius 2 is 0.629 bits per heavy atom. The highest BCUT2D eigenvalue weighted by molar-refractivity contribution is 5.71. The first-order valence-electron chi connectivity index (χ1n) is 26.3. The third kappa shape index (κ3) is 48.1. The number of unbranched alkanes of at least 4 members (excludes halogenated alkanes) is 26. The van der Waals surface area contributed by atoms with Crippen LogP contribution in [-0.2, 0) is 28.6 Å². The number of rotatable bonds is 47. The molecular formula is C56H98O6. The van der Waals surface area contributed by atoms with E-state index in [2.05, 4.69) is 81.5 Å². The van der Waals surface area contributed by atoms with Crippen molar-refractivity contribution in [2.75, 3.05) is 13.2 Å². The highest BCUT2D eigenvalue weighted by Crippen LogP contribution is 2.14. The molecule has 0 radical (unpaired) electrons. The second kappa shape index (κ2) is 50.8. The fourth-order valence-corrected chi connectivity index (χ4v) is 7.27. The van der Waals surface area contributed by atoms with Gasteiger partial charge in [-0.3, -0.25) is 14.4 Å². The molecular weight excluding hydrogens is 769 g/mol. The molecule has 6 nitrogen and oxygen atoms in total. The molecule has 0 fully saturated rings. The minimum atomic E-state index is -0.789. The second-order valence-electron chi connectivity index (χ2n) is 17.4. The summed E-state index contributed by atoms with van der Waals surface area (Å²) < 4.78 is 16.8. The Hall–Kier alpha value is -2.89. The molecule has 62 heavy (non-hydrogen) atoms. The maximum Gasteiger partial charge on any atom is 0.306 e. The summed E-state index contributed by atoms with van der Waals surface area (Å²) in [6, 6.07) is 0. The van der Waals surface area contributed by atoms with Crippen molar-refractivity contribution in [2.24, 2.45) is 0 Å². The van der Waals surface area contributed by atoms with Crippen molar-refractivity contribution in [3.63, 3.8) is 0 Å². The van der Waals surface area contributed by atoms with Gasteiger partial charge in [-0.2, -0.15) is 0 Å². The molecule has 358 valence electrons. The molecule has 0 aliphatic rings. The van der Waals surface area contributed by atoms with Crippen LogP contribution in [0.2, 0.25) is 0 Å². The summed E-state index contributed by atoms with van der Waals surface area (Å²) in [6.07, 6.45) is 62.0. The van der Waals surface area contributed by atoms with Gasteiger partial charge in [0.05, 0.1) is 0 Å². The van der Waals surface area contributed by atoms with Crippen LogP contribution in [0.15, 0.2) is 60.8 Å².